The topological polar surface area (TPSA) is 18.5 Å². The summed E-state index contributed by atoms with van der Waals surface area (Å²) in [5.41, 5.74) is 1.12. The zero-order valence-corrected chi connectivity index (χ0v) is 8.33. The van der Waals surface area contributed by atoms with Crippen molar-refractivity contribution in [1.29, 1.82) is 0 Å². The second-order valence-corrected chi connectivity index (χ2v) is 2.92. The summed E-state index contributed by atoms with van der Waals surface area (Å²) in [6, 6.07) is 9.92. The van der Waals surface area contributed by atoms with Crippen LogP contribution in [-0.2, 0) is 16.1 Å². The number of hydrogen-bond acceptors (Lipinski definition) is 2. The molecule has 1 rings (SSSR count). The van der Waals surface area contributed by atoms with Gasteiger partial charge in [0.1, 0.15) is 0 Å². The maximum Gasteiger partial charge on any atom is 0.171 e. The molecule has 0 heterocycles. The second-order valence-electron chi connectivity index (χ2n) is 2.62. The molecule has 1 unspecified atom stereocenters. The number of benzene rings is 1. The summed E-state index contributed by atoms with van der Waals surface area (Å²) in [5.74, 6) is 0.351. The molecule has 0 N–H and O–H groups in total. The molecule has 0 radical (unpaired) electrons. The lowest BCUT2D eigenvalue weighted by Crippen LogP contribution is -2.16. The molecular formula is C10H13ClO2. The first kappa shape index (κ1) is 10.5. The number of methoxy groups -OCH3 is 1. The predicted octanol–water partition coefficient (Wildman–Crippen LogP) is 2.41. The molecule has 0 saturated heterocycles. The van der Waals surface area contributed by atoms with Gasteiger partial charge in [-0.2, -0.15) is 0 Å². The average molecular weight is 201 g/mol. The van der Waals surface area contributed by atoms with Crippen LogP contribution in [0, 0.1) is 0 Å². The minimum Gasteiger partial charge on any atom is -0.355 e. The minimum absolute atomic E-state index is 0.318. The molecule has 0 bridgehead atoms. The average Bonchev–Trinajstić information content (AvgIpc) is 2.21. The van der Waals surface area contributed by atoms with Gasteiger partial charge in [-0.15, -0.1) is 11.6 Å². The van der Waals surface area contributed by atoms with Gasteiger partial charge in [0.25, 0.3) is 0 Å². The largest absolute Gasteiger partial charge is 0.355 e. The molecule has 2 nitrogen and oxygen atoms in total. The van der Waals surface area contributed by atoms with Gasteiger partial charge in [-0.3, -0.25) is 0 Å². The summed E-state index contributed by atoms with van der Waals surface area (Å²) in [6.07, 6.45) is -0.318. The van der Waals surface area contributed by atoms with E-state index in [0.29, 0.717) is 12.5 Å². The standard InChI is InChI=1S/C10H13ClO2/c1-12-10(7-11)13-8-9-5-3-2-4-6-9/h2-6,10H,7-8H2,1H3. The SMILES string of the molecule is COC(CCl)OCc1ccccc1. The first-order valence-corrected chi connectivity index (χ1v) is 4.64. The zero-order valence-electron chi connectivity index (χ0n) is 7.57. The van der Waals surface area contributed by atoms with Crippen LogP contribution in [0.15, 0.2) is 30.3 Å². The Labute approximate surface area is 83.4 Å². The number of rotatable bonds is 5. The quantitative estimate of drug-likeness (QED) is 0.537. The van der Waals surface area contributed by atoms with Gasteiger partial charge in [0.05, 0.1) is 12.5 Å². The lowest BCUT2D eigenvalue weighted by molar-refractivity contribution is -0.116. The van der Waals surface area contributed by atoms with E-state index in [-0.39, 0.29) is 6.29 Å². The van der Waals surface area contributed by atoms with Crippen LogP contribution < -0.4 is 0 Å². The van der Waals surface area contributed by atoms with E-state index < -0.39 is 0 Å². The first-order valence-electron chi connectivity index (χ1n) is 4.11. The number of hydrogen-bond donors (Lipinski definition) is 0. The highest BCUT2D eigenvalue weighted by atomic mass is 35.5. The summed E-state index contributed by atoms with van der Waals surface area (Å²) in [4.78, 5) is 0. The fraction of sp³-hybridized carbons (Fsp3) is 0.400. The molecule has 13 heavy (non-hydrogen) atoms. The number of halogens is 1. The summed E-state index contributed by atoms with van der Waals surface area (Å²) in [6.45, 7) is 0.534. The van der Waals surface area contributed by atoms with Crippen molar-refractivity contribution in [3.8, 4) is 0 Å². The number of alkyl halides is 1. The molecule has 72 valence electrons. The van der Waals surface area contributed by atoms with E-state index >= 15 is 0 Å². The van der Waals surface area contributed by atoms with Crippen molar-refractivity contribution in [3.05, 3.63) is 35.9 Å². The molecule has 0 spiro atoms. The highest BCUT2D eigenvalue weighted by Crippen LogP contribution is 2.04. The van der Waals surface area contributed by atoms with Crippen LogP contribution in [0.2, 0.25) is 0 Å². The molecule has 0 aliphatic carbocycles. The second kappa shape index (κ2) is 5.97. The summed E-state index contributed by atoms with van der Waals surface area (Å²) in [5, 5.41) is 0. The Bertz CT molecular complexity index is 222. The molecule has 1 atom stereocenters. The van der Waals surface area contributed by atoms with Gasteiger partial charge in [-0.1, -0.05) is 30.3 Å². The third kappa shape index (κ3) is 3.77. The maximum absolute atomic E-state index is 5.58. The molecule has 1 aromatic carbocycles. The Balaban J connectivity index is 2.34. The molecule has 0 fully saturated rings. The highest BCUT2D eigenvalue weighted by Gasteiger charge is 2.04. The van der Waals surface area contributed by atoms with Crippen molar-refractivity contribution in [2.45, 2.75) is 12.9 Å². The first-order chi connectivity index (χ1) is 6.36. The van der Waals surface area contributed by atoms with E-state index in [1.54, 1.807) is 7.11 Å². The van der Waals surface area contributed by atoms with Crippen molar-refractivity contribution >= 4 is 11.6 Å². The van der Waals surface area contributed by atoms with Gasteiger partial charge in [0.15, 0.2) is 6.29 Å². The molecule has 0 aliphatic heterocycles. The fourth-order valence-electron chi connectivity index (χ4n) is 0.939. The molecule has 0 aromatic heterocycles. The van der Waals surface area contributed by atoms with Crippen molar-refractivity contribution in [2.24, 2.45) is 0 Å². The zero-order chi connectivity index (χ0) is 9.52. The molecule has 1 aromatic rings. The maximum atomic E-state index is 5.58. The third-order valence-corrected chi connectivity index (χ3v) is 1.92. The van der Waals surface area contributed by atoms with Crippen LogP contribution in [-0.4, -0.2) is 19.3 Å². The van der Waals surface area contributed by atoms with Crippen LogP contribution in [0.3, 0.4) is 0 Å². The van der Waals surface area contributed by atoms with Gasteiger partial charge in [-0.05, 0) is 5.56 Å². The Morgan fingerprint density at radius 2 is 2.00 bits per heavy atom. The Morgan fingerprint density at radius 3 is 2.54 bits per heavy atom. The predicted molar refractivity (Wildman–Crippen MR) is 52.7 cm³/mol. The highest BCUT2D eigenvalue weighted by molar-refractivity contribution is 6.18. The lowest BCUT2D eigenvalue weighted by Gasteiger charge is -2.12. The minimum atomic E-state index is -0.318. The van der Waals surface area contributed by atoms with Crippen molar-refractivity contribution in [3.63, 3.8) is 0 Å². The monoisotopic (exact) mass is 200 g/mol. The van der Waals surface area contributed by atoms with Crippen molar-refractivity contribution in [2.75, 3.05) is 13.0 Å². The summed E-state index contributed by atoms with van der Waals surface area (Å²) < 4.78 is 10.3. The van der Waals surface area contributed by atoms with Crippen LogP contribution in [0.1, 0.15) is 5.56 Å². The van der Waals surface area contributed by atoms with Gasteiger partial charge >= 0.3 is 0 Å². The van der Waals surface area contributed by atoms with Crippen LogP contribution in [0.5, 0.6) is 0 Å². The molecule has 0 amide bonds. The van der Waals surface area contributed by atoms with Gasteiger partial charge in [-0.25, -0.2) is 0 Å². The third-order valence-electron chi connectivity index (χ3n) is 1.67. The Kier molecular flexibility index (Phi) is 4.83. The van der Waals surface area contributed by atoms with Crippen LogP contribution in [0.25, 0.3) is 0 Å². The smallest absolute Gasteiger partial charge is 0.171 e. The van der Waals surface area contributed by atoms with Gasteiger partial charge < -0.3 is 9.47 Å². The van der Waals surface area contributed by atoms with Gasteiger partial charge in [0, 0.05) is 7.11 Å². The van der Waals surface area contributed by atoms with Crippen molar-refractivity contribution in [1.82, 2.24) is 0 Å². The van der Waals surface area contributed by atoms with E-state index in [9.17, 15) is 0 Å². The van der Waals surface area contributed by atoms with Crippen LogP contribution in [0.4, 0.5) is 0 Å². The van der Waals surface area contributed by atoms with E-state index in [4.69, 9.17) is 21.1 Å². The molecule has 0 aliphatic rings. The van der Waals surface area contributed by atoms with E-state index in [1.165, 1.54) is 0 Å². The van der Waals surface area contributed by atoms with Crippen molar-refractivity contribution < 1.29 is 9.47 Å². The van der Waals surface area contributed by atoms with E-state index in [2.05, 4.69) is 0 Å². The van der Waals surface area contributed by atoms with Crippen LogP contribution >= 0.6 is 11.6 Å². The lowest BCUT2D eigenvalue weighted by atomic mass is 10.2. The fourth-order valence-corrected chi connectivity index (χ4v) is 1.15. The Morgan fingerprint density at radius 1 is 1.31 bits per heavy atom. The van der Waals surface area contributed by atoms with E-state index in [0.717, 1.165) is 5.56 Å². The normalized spacial score (nSPS) is 12.8. The van der Waals surface area contributed by atoms with Gasteiger partial charge in [0.2, 0.25) is 0 Å². The molecular weight excluding hydrogens is 188 g/mol. The molecule has 0 saturated carbocycles. The summed E-state index contributed by atoms with van der Waals surface area (Å²) in [7, 11) is 1.58. The molecule has 3 heteroatoms. The number of ether oxygens (including phenoxy) is 2. The Hall–Kier alpha value is -0.570. The van der Waals surface area contributed by atoms with E-state index in [1.807, 2.05) is 30.3 Å². The summed E-state index contributed by atoms with van der Waals surface area (Å²) >= 11 is 5.58.